The highest BCUT2D eigenvalue weighted by atomic mass is 16.5. The van der Waals surface area contributed by atoms with Crippen LogP contribution in [0.3, 0.4) is 0 Å². The molecular formula is C19H35NO. The number of nitrogens with zero attached hydrogens (tertiary/aromatic N) is 1. The summed E-state index contributed by atoms with van der Waals surface area (Å²) in [4.78, 5) is 0. The standard InChI is InChI=1S/C19H35NO/c1-2-3-4-5-6-7-8-9-10-11-12-13-14-15-18-21-19-16-17-20/h2H,1,3-16,18-19H2. The van der Waals surface area contributed by atoms with E-state index >= 15 is 0 Å². The van der Waals surface area contributed by atoms with E-state index in [1.807, 2.05) is 6.08 Å². The third kappa shape index (κ3) is 19.2. The Bertz CT molecular complexity index is 244. The first-order valence-corrected chi connectivity index (χ1v) is 8.97. The van der Waals surface area contributed by atoms with Gasteiger partial charge in [-0.3, -0.25) is 0 Å². The number of rotatable bonds is 17. The van der Waals surface area contributed by atoms with E-state index in [0.717, 1.165) is 13.0 Å². The molecule has 0 aliphatic rings. The van der Waals surface area contributed by atoms with Crippen LogP contribution in [-0.4, -0.2) is 13.2 Å². The van der Waals surface area contributed by atoms with E-state index in [1.54, 1.807) is 0 Å². The second-order valence-corrected chi connectivity index (χ2v) is 5.84. The molecule has 0 radical (unpaired) electrons. The van der Waals surface area contributed by atoms with E-state index in [2.05, 4.69) is 12.6 Å². The summed E-state index contributed by atoms with van der Waals surface area (Å²) in [6, 6.07) is 2.09. The van der Waals surface area contributed by atoms with Gasteiger partial charge in [0.25, 0.3) is 0 Å². The summed E-state index contributed by atoms with van der Waals surface area (Å²) in [5.74, 6) is 0. The van der Waals surface area contributed by atoms with Crippen molar-refractivity contribution >= 4 is 0 Å². The molecule has 0 bridgehead atoms. The molecule has 0 saturated carbocycles. The normalized spacial score (nSPS) is 10.4. The van der Waals surface area contributed by atoms with Crippen molar-refractivity contribution < 1.29 is 4.74 Å². The summed E-state index contributed by atoms with van der Waals surface area (Å²) in [7, 11) is 0. The largest absolute Gasteiger partial charge is 0.380 e. The molecule has 0 aromatic heterocycles. The van der Waals surface area contributed by atoms with Crippen molar-refractivity contribution in [2.75, 3.05) is 13.2 Å². The van der Waals surface area contributed by atoms with Gasteiger partial charge in [0.05, 0.1) is 19.1 Å². The maximum absolute atomic E-state index is 8.36. The number of hydrogen-bond acceptors (Lipinski definition) is 2. The second-order valence-electron chi connectivity index (χ2n) is 5.84. The fourth-order valence-corrected chi connectivity index (χ4v) is 2.48. The lowest BCUT2D eigenvalue weighted by molar-refractivity contribution is 0.135. The van der Waals surface area contributed by atoms with Crippen molar-refractivity contribution in [3.05, 3.63) is 12.7 Å². The van der Waals surface area contributed by atoms with E-state index in [4.69, 9.17) is 10.00 Å². The van der Waals surface area contributed by atoms with Gasteiger partial charge in [0.2, 0.25) is 0 Å². The maximum Gasteiger partial charge on any atom is 0.0645 e. The van der Waals surface area contributed by atoms with Crippen LogP contribution in [0.2, 0.25) is 0 Å². The van der Waals surface area contributed by atoms with Crippen molar-refractivity contribution in [2.24, 2.45) is 0 Å². The minimum Gasteiger partial charge on any atom is -0.380 e. The van der Waals surface area contributed by atoms with Crippen LogP contribution in [0.25, 0.3) is 0 Å². The quantitative estimate of drug-likeness (QED) is 0.237. The molecule has 0 spiro atoms. The molecule has 0 fully saturated rings. The smallest absolute Gasteiger partial charge is 0.0645 e. The molecule has 0 heterocycles. The fraction of sp³-hybridized carbons (Fsp3) is 0.842. The van der Waals surface area contributed by atoms with E-state index in [9.17, 15) is 0 Å². The topological polar surface area (TPSA) is 33.0 Å². The lowest BCUT2D eigenvalue weighted by Gasteiger charge is -2.03. The van der Waals surface area contributed by atoms with Gasteiger partial charge in [-0.25, -0.2) is 0 Å². The Labute approximate surface area is 132 Å². The fourth-order valence-electron chi connectivity index (χ4n) is 2.48. The number of allylic oxidation sites excluding steroid dienone is 1. The van der Waals surface area contributed by atoms with Gasteiger partial charge in [-0.15, -0.1) is 6.58 Å². The summed E-state index contributed by atoms with van der Waals surface area (Å²) in [5, 5.41) is 8.36. The first kappa shape index (κ1) is 20.2. The highest BCUT2D eigenvalue weighted by Gasteiger charge is 1.94. The van der Waals surface area contributed by atoms with Crippen LogP contribution in [0, 0.1) is 11.3 Å². The number of unbranched alkanes of at least 4 members (excludes halogenated alkanes) is 12. The van der Waals surface area contributed by atoms with Gasteiger partial charge >= 0.3 is 0 Å². The van der Waals surface area contributed by atoms with Crippen LogP contribution in [0.15, 0.2) is 12.7 Å². The average molecular weight is 293 g/mol. The predicted molar refractivity (Wildman–Crippen MR) is 91.3 cm³/mol. The lowest BCUT2D eigenvalue weighted by Crippen LogP contribution is -1.95. The van der Waals surface area contributed by atoms with Crippen LogP contribution in [-0.2, 0) is 4.74 Å². The Balaban J connectivity index is 2.93. The van der Waals surface area contributed by atoms with Crippen molar-refractivity contribution in [1.29, 1.82) is 5.26 Å². The Morgan fingerprint density at radius 1 is 0.714 bits per heavy atom. The summed E-state index contributed by atoms with van der Waals surface area (Å²) < 4.78 is 5.35. The van der Waals surface area contributed by atoms with Gasteiger partial charge in [0.1, 0.15) is 0 Å². The zero-order valence-corrected chi connectivity index (χ0v) is 14.0. The molecule has 2 heteroatoms. The third-order valence-corrected chi connectivity index (χ3v) is 3.81. The van der Waals surface area contributed by atoms with E-state index in [1.165, 1.54) is 77.0 Å². The molecule has 0 aliphatic carbocycles. The van der Waals surface area contributed by atoms with Gasteiger partial charge in [0.15, 0.2) is 0 Å². The minimum absolute atomic E-state index is 0.522. The summed E-state index contributed by atoms with van der Waals surface area (Å²) in [6.45, 7) is 5.18. The molecule has 0 saturated heterocycles. The first-order valence-electron chi connectivity index (χ1n) is 8.97. The van der Waals surface area contributed by atoms with Crippen molar-refractivity contribution in [3.63, 3.8) is 0 Å². The first-order chi connectivity index (χ1) is 10.4. The highest BCUT2D eigenvalue weighted by molar-refractivity contribution is 4.67. The minimum atomic E-state index is 0.522. The van der Waals surface area contributed by atoms with Gasteiger partial charge < -0.3 is 4.74 Å². The Morgan fingerprint density at radius 3 is 1.67 bits per heavy atom. The molecule has 0 amide bonds. The number of ether oxygens (including phenoxy) is 1. The molecule has 0 N–H and O–H groups in total. The second kappa shape index (κ2) is 19.2. The molecule has 0 aromatic rings. The molecular weight excluding hydrogens is 258 g/mol. The SMILES string of the molecule is C=CCCCCCCCCCCCCCCOCCC#N. The highest BCUT2D eigenvalue weighted by Crippen LogP contribution is 2.12. The van der Waals surface area contributed by atoms with Gasteiger partial charge in [-0.2, -0.15) is 5.26 Å². The molecule has 2 nitrogen and oxygen atoms in total. The molecule has 0 atom stereocenters. The van der Waals surface area contributed by atoms with Crippen LogP contribution < -0.4 is 0 Å². The number of nitriles is 1. The molecule has 21 heavy (non-hydrogen) atoms. The average Bonchev–Trinajstić information content (AvgIpc) is 2.50. The van der Waals surface area contributed by atoms with Crippen LogP contribution in [0.4, 0.5) is 0 Å². The van der Waals surface area contributed by atoms with E-state index in [-0.39, 0.29) is 0 Å². The molecule has 0 aliphatic heterocycles. The molecule has 0 unspecified atom stereocenters. The Kier molecular flexibility index (Phi) is 18.4. The van der Waals surface area contributed by atoms with Crippen LogP contribution >= 0.6 is 0 Å². The Hall–Kier alpha value is -0.810. The Morgan fingerprint density at radius 2 is 1.19 bits per heavy atom. The zero-order chi connectivity index (χ0) is 15.4. The zero-order valence-electron chi connectivity index (χ0n) is 14.0. The van der Waals surface area contributed by atoms with Crippen LogP contribution in [0.1, 0.15) is 89.9 Å². The molecule has 0 aromatic carbocycles. The van der Waals surface area contributed by atoms with E-state index in [0.29, 0.717) is 13.0 Å². The summed E-state index contributed by atoms with van der Waals surface area (Å²) in [5.41, 5.74) is 0. The van der Waals surface area contributed by atoms with Gasteiger partial charge in [-0.1, -0.05) is 70.3 Å². The van der Waals surface area contributed by atoms with Gasteiger partial charge in [-0.05, 0) is 19.3 Å². The van der Waals surface area contributed by atoms with Crippen LogP contribution in [0.5, 0.6) is 0 Å². The van der Waals surface area contributed by atoms with Crippen molar-refractivity contribution in [3.8, 4) is 6.07 Å². The van der Waals surface area contributed by atoms with E-state index < -0.39 is 0 Å². The molecule has 0 rings (SSSR count). The maximum atomic E-state index is 8.36. The third-order valence-electron chi connectivity index (χ3n) is 3.81. The van der Waals surface area contributed by atoms with Gasteiger partial charge in [0, 0.05) is 6.61 Å². The van der Waals surface area contributed by atoms with Crippen molar-refractivity contribution in [1.82, 2.24) is 0 Å². The predicted octanol–water partition coefficient (Wildman–Crippen LogP) is 6.17. The molecule has 122 valence electrons. The summed E-state index contributed by atoms with van der Waals surface area (Å²) >= 11 is 0. The summed E-state index contributed by atoms with van der Waals surface area (Å²) in [6.07, 6.45) is 20.0. The lowest BCUT2D eigenvalue weighted by atomic mass is 10.0. The number of hydrogen-bond donors (Lipinski definition) is 0. The monoisotopic (exact) mass is 293 g/mol. The van der Waals surface area contributed by atoms with Crippen molar-refractivity contribution in [2.45, 2.75) is 89.9 Å².